The smallest absolute Gasteiger partial charge is 0.261 e. The van der Waals surface area contributed by atoms with Crippen LogP contribution in [0.5, 0.6) is 0 Å². The number of nitrogens with zero attached hydrogens (tertiary/aromatic N) is 2. The fraction of sp³-hybridized carbons (Fsp3) is 0.0952. The van der Waals surface area contributed by atoms with Crippen LogP contribution in [0.25, 0.3) is 21.3 Å². The van der Waals surface area contributed by atoms with Crippen LogP contribution in [0.1, 0.15) is 17.3 Å². The highest BCUT2D eigenvalue weighted by atomic mass is 35.5. The van der Waals surface area contributed by atoms with Gasteiger partial charge in [0.05, 0.1) is 20.8 Å². The lowest BCUT2D eigenvalue weighted by atomic mass is 10.1. The zero-order chi connectivity index (χ0) is 22.2. The molecule has 0 fully saturated rings. The predicted molar refractivity (Wildman–Crippen MR) is 125 cm³/mol. The molecule has 10 heteroatoms. The molecule has 0 saturated heterocycles. The molecular formula is C21H17ClN4O3S2. The summed E-state index contributed by atoms with van der Waals surface area (Å²) in [5.41, 5.74) is 3.02. The van der Waals surface area contributed by atoms with Gasteiger partial charge >= 0.3 is 0 Å². The average molecular weight is 473 g/mol. The van der Waals surface area contributed by atoms with Crippen LogP contribution in [0.2, 0.25) is 5.15 Å². The van der Waals surface area contributed by atoms with E-state index in [1.165, 1.54) is 42.5 Å². The lowest BCUT2D eigenvalue weighted by molar-refractivity contribution is 0.101. The third kappa shape index (κ3) is 4.39. The maximum Gasteiger partial charge on any atom is 0.261 e. The van der Waals surface area contributed by atoms with E-state index in [0.29, 0.717) is 11.1 Å². The summed E-state index contributed by atoms with van der Waals surface area (Å²) in [7, 11) is -2.10. The maximum atomic E-state index is 12.8. The quantitative estimate of drug-likeness (QED) is 0.300. The summed E-state index contributed by atoms with van der Waals surface area (Å²) in [5.74, 6) is -0.142. The SMILES string of the molecule is CNc1nc2ccc(-c3cnc(Cl)c(NS(=O)(=O)c4ccc(C(C)=O)cc4)c3)cc2s1. The molecule has 0 aliphatic carbocycles. The molecule has 0 spiro atoms. The number of halogens is 1. The molecule has 0 unspecified atom stereocenters. The Hall–Kier alpha value is -3.01. The van der Waals surface area contributed by atoms with Crippen molar-refractivity contribution >= 4 is 59.8 Å². The van der Waals surface area contributed by atoms with E-state index in [2.05, 4.69) is 20.0 Å². The van der Waals surface area contributed by atoms with Gasteiger partial charge in [0.15, 0.2) is 16.1 Å². The van der Waals surface area contributed by atoms with Crippen LogP contribution >= 0.6 is 22.9 Å². The summed E-state index contributed by atoms with van der Waals surface area (Å²) in [4.78, 5) is 20.0. The number of carbonyl (C=O) groups excluding carboxylic acids is 1. The number of sulfonamides is 1. The normalized spacial score (nSPS) is 11.5. The number of anilines is 2. The highest BCUT2D eigenvalue weighted by Gasteiger charge is 2.18. The van der Waals surface area contributed by atoms with Crippen LogP contribution in [0, 0.1) is 0 Å². The number of nitrogens with one attached hydrogen (secondary N) is 2. The van der Waals surface area contributed by atoms with Crippen molar-refractivity contribution in [3.63, 3.8) is 0 Å². The summed E-state index contributed by atoms with van der Waals surface area (Å²) < 4.78 is 29.1. The van der Waals surface area contributed by atoms with Crippen molar-refractivity contribution in [2.24, 2.45) is 0 Å². The Balaban J connectivity index is 1.67. The summed E-state index contributed by atoms with van der Waals surface area (Å²) in [5, 5.41) is 3.87. The van der Waals surface area contributed by atoms with Gasteiger partial charge in [-0.15, -0.1) is 0 Å². The van der Waals surface area contributed by atoms with Gasteiger partial charge in [-0.05, 0) is 42.8 Å². The second-order valence-corrected chi connectivity index (χ2v) is 9.77. The molecule has 0 aliphatic heterocycles. The number of pyridine rings is 1. The monoisotopic (exact) mass is 472 g/mol. The molecule has 7 nitrogen and oxygen atoms in total. The van der Waals surface area contributed by atoms with E-state index < -0.39 is 10.0 Å². The standard InChI is InChI=1S/C21H17ClN4O3S2/c1-12(27)13-3-6-16(7-4-13)31(28,29)26-18-9-15(11-24-20(18)22)14-5-8-17-19(10-14)30-21(23-2)25-17/h3-11,26H,1-2H3,(H,23,25). The van der Waals surface area contributed by atoms with Gasteiger partial charge in [-0.25, -0.2) is 18.4 Å². The van der Waals surface area contributed by atoms with E-state index in [9.17, 15) is 13.2 Å². The Morgan fingerprint density at radius 2 is 1.81 bits per heavy atom. The van der Waals surface area contributed by atoms with E-state index >= 15 is 0 Å². The van der Waals surface area contributed by atoms with Crippen LogP contribution in [0.4, 0.5) is 10.8 Å². The molecule has 0 atom stereocenters. The number of hydrogen-bond donors (Lipinski definition) is 2. The second kappa shape index (κ2) is 8.26. The fourth-order valence-corrected chi connectivity index (χ4v) is 5.08. The number of thiazole rings is 1. The number of hydrogen-bond acceptors (Lipinski definition) is 7. The molecule has 0 amide bonds. The number of ketones is 1. The molecular weight excluding hydrogens is 456 g/mol. The van der Waals surface area contributed by atoms with E-state index in [0.717, 1.165) is 20.9 Å². The van der Waals surface area contributed by atoms with Gasteiger partial charge in [-0.1, -0.05) is 41.1 Å². The van der Waals surface area contributed by atoms with Crippen molar-refractivity contribution in [1.29, 1.82) is 0 Å². The van der Waals surface area contributed by atoms with Crippen LogP contribution in [0.15, 0.2) is 59.6 Å². The fourth-order valence-electron chi connectivity index (χ4n) is 2.96. The largest absolute Gasteiger partial charge is 0.365 e. The van der Waals surface area contributed by atoms with Gasteiger partial charge < -0.3 is 5.32 Å². The lowest BCUT2D eigenvalue weighted by Crippen LogP contribution is -2.14. The Labute approximate surface area is 188 Å². The number of benzene rings is 2. The molecule has 2 N–H and O–H groups in total. The first-order valence-electron chi connectivity index (χ1n) is 9.15. The Morgan fingerprint density at radius 3 is 2.48 bits per heavy atom. The molecule has 0 radical (unpaired) electrons. The van der Waals surface area contributed by atoms with Crippen LogP contribution < -0.4 is 10.0 Å². The van der Waals surface area contributed by atoms with Gasteiger partial charge in [0.2, 0.25) is 0 Å². The summed E-state index contributed by atoms with van der Waals surface area (Å²) >= 11 is 7.68. The number of fused-ring (bicyclic) bond motifs is 1. The van der Waals surface area contributed by atoms with Crippen molar-refractivity contribution in [1.82, 2.24) is 9.97 Å². The highest BCUT2D eigenvalue weighted by Crippen LogP contribution is 2.33. The third-order valence-electron chi connectivity index (χ3n) is 4.59. The molecule has 2 aromatic heterocycles. The van der Waals surface area contributed by atoms with Gasteiger partial charge in [0, 0.05) is 24.4 Å². The molecule has 4 aromatic rings. The average Bonchev–Trinajstić information content (AvgIpc) is 3.17. The topological polar surface area (TPSA) is 101 Å². The minimum atomic E-state index is -3.91. The minimum Gasteiger partial charge on any atom is -0.365 e. The van der Waals surface area contributed by atoms with Crippen molar-refractivity contribution < 1.29 is 13.2 Å². The summed E-state index contributed by atoms with van der Waals surface area (Å²) in [6.45, 7) is 1.42. The first-order valence-corrected chi connectivity index (χ1v) is 11.8. The number of carbonyl (C=O) groups is 1. The van der Waals surface area contributed by atoms with Gasteiger partial charge in [0.25, 0.3) is 10.0 Å². The first kappa shape index (κ1) is 21.2. The van der Waals surface area contributed by atoms with Crippen molar-refractivity contribution in [2.75, 3.05) is 17.1 Å². The molecule has 31 heavy (non-hydrogen) atoms. The van der Waals surface area contributed by atoms with E-state index in [-0.39, 0.29) is 21.5 Å². The summed E-state index contributed by atoms with van der Waals surface area (Å²) in [6.07, 6.45) is 1.59. The number of Topliss-reactive ketones (excluding diaryl/α,β-unsaturated/α-hetero) is 1. The van der Waals surface area contributed by atoms with Crippen molar-refractivity contribution in [3.8, 4) is 11.1 Å². The number of aromatic nitrogens is 2. The molecule has 0 aliphatic rings. The lowest BCUT2D eigenvalue weighted by Gasteiger charge is -2.11. The summed E-state index contributed by atoms with van der Waals surface area (Å²) in [6, 6.07) is 13.1. The predicted octanol–water partition coefficient (Wildman–Crippen LogP) is 5.06. The van der Waals surface area contributed by atoms with Crippen LogP contribution in [0.3, 0.4) is 0 Å². The molecule has 2 aromatic carbocycles. The van der Waals surface area contributed by atoms with Crippen LogP contribution in [-0.2, 0) is 10.0 Å². The third-order valence-corrected chi connectivity index (χ3v) is 7.31. The first-order chi connectivity index (χ1) is 14.8. The minimum absolute atomic E-state index is 0.0182. The van der Waals surface area contributed by atoms with Crippen LogP contribution in [-0.4, -0.2) is 31.2 Å². The zero-order valence-corrected chi connectivity index (χ0v) is 18.9. The second-order valence-electron chi connectivity index (χ2n) is 6.70. The van der Waals surface area contributed by atoms with Crippen molar-refractivity contribution in [2.45, 2.75) is 11.8 Å². The van der Waals surface area contributed by atoms with E-state index in [1.54, 1.807) is 12.3 Å². The van der Waals surface area contributed by atoms with E-state index in [1.807, 2.05) is 25.2 Å². The Morgan fingerprint density at radius 1 is 1.06 bits per heavy atom. The molecule has 2 heterocycles. The molecule has 0 bridgehead atoms. The Bertz CT molecular complexity index is 1400. The highest BCUT2D eigenvalue weighted by molar-refractivity contribution is 7.92. The zero-order valence-electron chi connectivity index (χ0n) is 16.5. The Kier molecular flexibility index (Phi) is 5.65. The molecule has 158 valence electrons. The van der Waals surface area contributed by atoms with Gasteiger partial charge in [0.1, 0.15) is 0 Å². The molecule has 4 rings (SSSR count). The number of rotatable bonds is 6. The van der Waals surface area contributed by atoms with E-state index in [4.69, 9.17) is 11.6 Å². The molecule has 0 saturated carbocycles. The maximum absolute atomic E-state index is 12.8. The van der Waals surface area contributed by atoms with Crippen molar-refractivity contribution in [3.05, 3.63) is 65.4 Å². The van der Waals surface area contributed by atoms with Gasteiger partial charge in [-0.2, -0.15) is 0 Å². The van der Waals surface area contributed by atoms with Gasteiger partial charge in [-0.3, -0.25) is 9.52 Å².